The van der Waals surface area contributed by atoms with Crippen LogP contribution in [0.1, 0.15) is 112 Å². The third kappa shape index (κ3) is 4.31. The first-order chi connectivity index (χ1) is 13.2. The summed E-state index contributed by atoms with van der Waals surface area (Å²) in [5, 5.41) is 9.25. The van der Waals surface area contributed by atoms with E-state index in [1.165, 1.54) is 64.2 Å². The highest BCUT2D eigenvalue weighted by Gasteiger charge is 2.58. The van der Waals surface area contributed by atoms with E-state index in [1.54, 1.807) is 0 Å². The van der Waals surface area contributed by atoms with Gasteiger partial charge in [-0.3, -0.25) is 4.79 Å². The molecule has 3 saturated carbocycles. The zero-order valence-electron chi connectivity index (χ0n) is 19.3. The molecule has 2 nitrogen and oxygen atoms in total. The van der Waals surface area contributed by atoms with Crippen molar-refractivity contribution < 1.29 is 9.90 Å². The molecule has 3 aliphatic rings. The lowest BCUT2D eigenvalue weighted by molar-refractivity contribution is -0.139. The molecule has 2 heteroatoms. The van der Waals surface area contributed by atoms with E-state index >= 15 is 0 Å². The summed E-state index contributed by atoms with van der Waals surface area (Å²) >= 11 is 0. The summed E-state index contributed by atoms with van der Waals surface area (Å²) in [4.78, 5) is 11.2. The van der Waals surface area contributed by atoms with Crippen molar-refractivity contribution in [2.75, 3.05) is 0 Å². The van der Waals surface area contributed by atoms with Gasteiger partial charge >= 0.3 is 5.97 Å². The lowest BCUT2D eigenvalue weighted by Gasteiger charge is -2.57. The third-order valence-electron chi connectivity index (χ3n) is 9.73. The molecule has 0 aromatic carbocycles. The van der Waals surface area contributed by atoms with Gasteiger partial charge in [-0.2, -0.15) is 0 Å². The monoisotopic (exact) mass is 390 g/mol. The van der Waals surface area contributed by atoms with Crippen molar-refractivity contribution in [1.82, 2.24) is 0 Å². The van der Waals surface area contributed by atoms with Gasteiger partial charge in [0.2, 0.25) is 0 Å². The van der Waals surface area contributed by atoms with Crippen molar-refractivity contribution in [1.29, 1.82) is 0 Å². The van der Waals surface area contributed by atoms with Gasteiger partial charge in [0, 0.05) is 6.42 Å². The number of fused-ring (bicyclic) bond motifs is 3. The quantitative estimate of drug-likeness (QED) is 0.464. The summed E-state index contributed by atoms with van der Waals surface area (Å²) < 4.78 is 0. The maximum atomic E-state index is 11.2. The molecule has 0 saturated heterocycles. The maximum Gasteiger partial charge on any atom is 0.303 e. The fraction of sp³-hybridized carbons (Fsp3) is 0.962. The smallest absolute Gasteiger partial charge is 0.303 e. The molecular weight excluding hydrogens is 344 g/mol. The van der Waals surface area contributed by atoms with Gasteiger partial charge in [-0.1, -0.05) is 60.3 Å². The molecule has 3 aliphatic carbocycles. The van der Waals surface area contributed by atoms with Crippen LogP contribution in [0.5, 0.6) is 0 Å². The number of hydrogen-bond donors (Lipinski definition) is 1. The number of rotatable bonds is 8. The lowest BCUT2D eigenvalue weighted by Crippen LogP contribution is -2.49. The molecule has 0 unspecified atom stereocenters. The number of carboxylic acids is 1. The SMILES string of the molecule is CC(C)CCC[C@H](C)[C@@H]1CC[C@@H]2[C@@H]3CCC[C@](C)(CCC(=O)O)[C@@H]3CC[C@@]21C. The van der Waals surface area contributed by atoms with E-state index in [0.717, 1.165) is 41.9 Å². The van der Waals surface area contributed by atoms with Crippen LogP contribution >= 0.6 is 0 Å². The Kier molecular flexibility index (Phi) is 6.87. The minimum absolute atomic E-state index is 0.267. The second-order valence-electron chi connectivity index (χ2n) is 11.8. The molecule has 0 amide bonds. The molecule has 0 aromatic heterocycles. The second-order valence-corrected chi connectivity index (χ2v) is 11.8. The molecule has 0 bridgehead atoms. The van der Waals surface area contributed by atoms with Crippen LogP contribution in [-0.4, -0.2) is 11.1 Å². The van der Waals surface area contributed by atoms with Gasteiger partial charge in [-0.25, -0.2) is 0 Å². The van der Waals surface area contributed by atoms with Crippen molar-refractivity contribution in [3.63, 3.8) is 0 Å². The van der Waals surface area contributed by atoms with Crippen molar-refractivity contribution in [2.45, 2.75) is 112 Å². The predicted molar refractivity (Wildman–Crippen MR) is 117 cm³/mol. The van der Waals surface area contributed by atoms with E-state index < -0.39 is 5.97 Å². The van der Waals surface area contributed by atoms with Crippen molar-refractivity contribution in [3.8, 4) is 0 Å². The van der Waals surface area contributed by atoms with Crippen LogP contribution in [0.15, 0.2) is 0 Å². The van der Waals surface area contributed by atoms with Crippen molar-refractivity contribution in [3.05, 3.63) is 0 Å². The third-order valence-corrected chi connectivity index (χ3v) is 9.73. The van der Waals surface area contributed by atoms with E-state index in [0.29, 0.717) is 11.8 Å². The summed E-state index contributed by atoms with van der Waals surface area (Å²) in [6, 6.07) is 0. The first-order valence-corrected chi connectivity index (χ1v) is 12.4. The van der Waals surface area contributed by atoms with E-state index in [1.807, 2.05) is 0 Å². The Morgan fingerprint density at radius 1 is 1.00 bits per heavy atom. The molecule has 162 valence electrons. The second kappa shape index (κ2) is 8.68. The van der Waals surface area contributed by atoms with Gasteiger partial charge in [-0.05, 0) is 91.3 Å². The average molecular weight is 391 g/mol. The fourth-order valence-corrected chi connectivity index (χ4v) is 8.21. The summed E-state index contributed by atoms with van der Waals surface area (Å²) in [5.74, 6) is 4.53. The molecule has 7 atom stereocenters. The largest absolute Gasteiger partial charge is 0.481 e. The molecule has 0 aromatic rings. The molecule has 0 radical (unpaired) electrons. The minimum atomic E-state index is -0.611. The van der Waals surface area contributed by atoms with Crippen molar-refractivity contribution in [2.24, 2.45) is 46.3 Å². The van der Waals surface area contributed by atoms with Crippen LogP contribution in [0.2, 0.25) is 0 Å². The van der Waals surface area contributed by atoms with Crippen LogP contribution in [0.3, 0.4) is 0 Å². The van der Waals surface area contributed by atoms with Gasteiger partial charge < -0.3 is 5.11 Å². The maximum absolute atomic E-state index is 11.2. The Labute approximate surface area is 174 Å². The standard InChI is InChI=1S/C26H46O2/c1-18(2)8-6-9-19(3)21-11-12-23-20-10-7-15-25(4,16-14-24(27)28)22(20)13-17-26(21,23)5/h18-23H,6-17H2,1-5H3,(H,27,28)/t19-,20+,21-,22+,23+,25+,26+/m0/s1. The summed E-state index contributed by atoms with van der Waals surface area (Å²) in [5.41, 5.74) is 0.813. The highest BCUT2D eigenvalue weighted by atomic mass is 16.4. The first kappa shape index (κ1) is 22.2. The van der Waals surface area contributed by atoms with Crippen LogP contribution in [0.4, 0.5) is 0 Å². The van der Waals surface area contributed by atoms with Gasteiger partial charge in [0.25, 0.3) is 0 Å². The van der Waals surface area contributed by atoms with Crippen LogP contribution < -0.4 is 0 Å². The molecule has 0 aliphatic heterocycles. The van der Waals surface area contributed by atoms with Gasteiger partial charge in [0.05, 0.1) is 0 Å². The molecule has 28 heavy (non-hydrogen) atoms. The number of hydrogen-bond acceptors (Lipinski definition) is 1. The Balaban J connectivity index is 1.68. The van der Waals surface area contributed by atoms with Gasteiger partial charge in [0.15, 0.2) is 0 Å². The number of carboxylic acid groups (broad SMARTS) is 1. The number of aliphatic carboxylic acids is 1. The Morgan fingerprint density at radius 2 is 1.75 bits per heavy atom. The topological polar surface area (TPSA) is 37.3 Å². The summed E-state index contributed by atoms with van der Waals surface area (Å²) in [7, 11) is 0. The van der Waals surface area contributed by atoms with E-state index in [-0.39, 0.29) is 5.41 Å². The predicted octanol–water partition coefficient (Wildman–Crippen LogP) is 7.56. The highest BCUT2D eigenvalue weighted by Crippen LogP contribution is 2.66. The van der Waals surface area contributed by atoms with Crippen LogP contribution in [-0.2, 0) is 4.79 Å². The van der Waals surface area contributed by atoms with Crippen LogP contribution in [0.25, 0.3) is 0 Å². The van der Waals surface area contributed by atoms with Gasteiger partial charge in [-0.15, -0.1) is 0 Å². The summed E-state index contributed by atoms with van der Waals surface area (Å²) in [6.07, 6.45) is 15.0. The van der Waals surface area contributed by atoms with Crippen molar-refractivity contribution >= 4 is 5.97 Å². The van der Waals surface area contributed by atoms with Crippen LogP contribution in [0, 0.1) is 46.3 Å². The van der Waals surface area contributed by atoms with Gasteiger partial charge in [0.1, 0.15) is 0 Å². The molecule has 3 fully saturated rings. The van der Waals surface area contributed by atoms with E-state index in [4.69, 9.17) is 0 Å². The minimum Gasteiger partial charge on any atom is -0.481 e. The number of carbonyl (C=O) groups is 1. The highest BCUT2D eigenvalue weighted by molar-refractivity contribution is 5.66. The average Bonchev–Trinajstić information content (AvgIpc) is 2.97. The Hall–Kier alpha value is -0.530. The molecule has 1 N–H and O–H groups in total. The zero-order chi connectivity index (χ0) is 20.5. The fourth-order valence-electron chi connectivity index (χ4n) is 8.21. The summed E-state index contributed by atoms with van der Waals surface area (Å²) in [6.45, 7) is 12.3. The molecule has 0 spiro atoms. The molecular formula is C26H46O2. The van der Waals surface area contributed by atoms with E-state index in [2.05, 4.69) is 34.6 Å². The normalized spacial score (nSPS) is 41.5. The molecule has 3 rings (SSSR count). The Morgan fingerprint density at radius 3 is 2.43 bits per heavy atom. The zero-order valence-corrected chi connectivity index (χ0v) is 19.3. The lowest BCUT2D eigenvalue weighted by atomic mass is 9.48. The van der Waals surface area contributed by atoms with E-state index in [9.17, 15) is 9.90 Å². The first-order valence-electron chi connectivity index (χ1n) is 12.4. The Bertz CT molecular complexity index is 541. The molecule has 0 heterocycles.